The van der Waals surface area contributed by atoms with Gasteiger partial charge in [0, 0.05) is 13.2 Å². The number of carbonyl (C=O) groups excluding carboxylic acids is 1. The highest BCUT2D eigenvalue weighted by molar-refractivity contribution is 5.83. The predicted octanol–water partition coefficient (Wildman–Crippen LogP) is 1.21. The summed E-state index contributed by atoms with van der Waals surface area (Å²) in [6.45, 7) is 9.90. The van der Waals surface area contributed by atoms with Crippen molar-refractivity contribution in [3.8, 4) is 0 Å². The van der Waals surface area contributed by atoms with Crippen molar-refractivity contribution in [1.82, 2.24) is 10.6 Å². The van der Waals surface area contributed by atoms with E-state index < -0.39 is 23.5 Å². The average molecular weight is 260 g/mol. The molecule has 106 valence electrons. The number of rotatable bonds is 6. The van der Waals surface area contributed by atoms with Crippen LogP contribution in [0.15, 0.2) is 0 Å². The first-order valence-electron chi connectivity index (χ1n) is 6.07. The third-order valence-corrected chi connectivity index (χ3v) is 2.39. The largest absolute Gasteiger partial charge is 0.480 e. The van der Waals surface area contributed by atoms with Gasteiger partial charge in [-0.15, -0.1) is 0 Å². The molecule has 0 aliphatic rings. The van der Waals surface area contributed by atoms with Gasteiger partial charge in [-0.05, 0) is 19.3 Å². The highest BCUT2D eigenvalue weighted by Crippen LogP contribution is 2.19. The first-order valence-corrected chi connectivity index (χ1v) is 6.07. The van der Waals surface area contributed by atoms with Gasteiger partial charge in [0.25, 0.3) is 0 Å². The van der Waals surface area contributed by atoms with E-state index in [1.807, 2.05) is 13.8 Å². The lowest BCUT2D eigenvalue weighted by Gasteiger charge is -2.28. The van der Waals surface area contributed by atoms with Crippen molar-refractivity contribution in [1.29, 1.82) is 0 Å². The molecule has 6 nitrogen and oxygen atoms in total. The lowest BCUT2D eigenvalue weighted by atomic mass is 9.87. The van der Waals surface area contributed by atoms with E-state index in [1.54, 1.807) is 20.8 Å². The van der Waals surface area contributed by atoms with Gasteiger partial charge in [-0.1, -0.05) is 20.8 Å². The summed E-state index contributed by atoms with van der Waals surface area (Å²) in [7, 11) is 0. The highest BCUT2D eigenvalue weighted by Gasteiger charge is 2.32. The van der Waals surface area contributed by atoms with E-state index >= 15 is 0 Å². The van der Waals surface area contributed by atoms with E-state index in [0.717, 1.165) is 0 Å². The number of aliphatic carboxylic acids is 1. The number of carbonyl (C=O) groups is 2. The molecule has 0 bridgehead atoms. The fourth-order valence-electron chi connectivity index (χ4n) is 1.41. The fourth-order valence-corrected chi connectivity index (χ4v) is 1.41. The van der Waals surface area contributed by atoms with Crippen molar-refractivity contribution in [3.05, 3.63) is 0 Å². The molecule has 0 rings (SSSR count). The van der Waals surface area contributed by atoms with Crippen LogP contribution in [0.2, 0.25) is 0 Å². The molecule has 1 unspecified atom stereocenters. The lowest BCUT2D eigenvalue weighted by Crippen LogP contribution is -2.53. The van der Waals surface area contributed by atoms with E-state index in [0.29, 0.717) is 13.2 Å². The first-order chi connectivity index (χ1) is 8.18. The predicted molar refractivity (Wildman–Crippen MR) is 68.5 cm³/mol. The molecule has 0 heterocycles. The van der Waals surface area contributed by atoms with Crippen LogP contribution in [0.1, 0.15) is 34.6 Å². The molecule has 18 heavy (non-hydrogen) atoms. The second-order valence-electron chi connectivity index (χ2n) is 5.26. The van der Waals surface area contributed by atoms with Crippen LogP contribution in [0.25, 0.3) is 0 Å². The van der Waals surface area contributed by atoms with Crippen LogP contribution in [0.3, 0.4) is 0 Å². The Labute approximate surface area is 108 Å². The SMILES string of the molecule is CCOC(C)CNC(=O)N[C@@H](C(=O)O)C(C)(C)C. The molecule has 6 heteroatoms. The highest BCUT2D eigenvalue weighted by atomic mass is 16.5. The number of urea groups is 1. The molecule has 3 N–H and O–H groups in total. The summed E-state index contributed by atoms with van der Waals surface area (Å²) in [5.74, 6) is -1.05. The zero-order chi connectivity index (χ0) is 14.3. The van der Waals surface area contributed by atoms with Crippen LogP contribution in [0, 0.1) is 5.41 Å². The summed E-state index contributed by atoms with van der Waals surface area (Å²) in [4.78, 5) is 22.6. The van der Waals surface area contributed by atoms with Gasteiger partial charge in [-0.3, -0.25) is 0 Å². The molecule has 0 radical (unpaired) electrons. The van der Waals surface area contributed by atoms with Crippen LogP contribution in [-0.2, 0) is 9.53 Å². The summed E-state index contributed by atoms with van der Waals surface area (Å²) >= 11 is 0. The first kappa shape index (κ1) is 16.7. The number of carboxylic acids is 1. The third kappa shape index (κ3) is 6.44. The molecule has 0 aliphatic carbocycles. The van der Waals surface area contributed by atoms with Gasteiger partial charge in [-0.2, -0.15) is 0 Å². The molecule has 0 spiro atoms. The number of hydrogen-bond donors (Lipinski definition) is 3. The number of nitrogens with one attached hydrogen (secondary N) is 2. The van der Waals surface area contributed by atoms with E-state index in [-0.39, 0.29) is 6.10 Å². The van der Waals surface area contributed by atoms with Gasteiger partial charge >= 0.3 is 12.0 Å². The molecular formula is C12H24N2O4. The third-order valence-electron chi connectivity index (χ3n) is 2.39. The van der Waals surface area contributed by atoms with Crippen molar-refractivity contribution < 1.29 is 19.4 Å². The molecule has 0 aromatic rings. The van der Waals surface area contributed by atoms with Crippen molar-refractivity contribution >= 4 is 12.0 Å². The molecule has 0 saturated carbocycles. The van der Waals surface area contributed by atoms with Crippen LogP contribution >= 0.6 is 0 Å². The maximum absolute atomic E-state index is 11.6. The van der Waals surface area contributed by atoms with Gasteiger partial charge in [0.05, 0.1) is 6.10 Å². The van der Waals surface area contributed by atoms with Gasteiger partial charge in [0.2, 0.25) is 0 Å². The number of hydrogen-bond acceptors (Lipinski definition) is 3. The Balaban J connectivity index is 4.24. The fraction of sp³-hybridized carbons (Fsp3) is 0.833. The standard InChI is InChI=1S/C12H24N2O4/c1-6-18-8(2)7-13-11(17)14-9(10(15)16)12(3,4)5/h8-9H,6-7H2,1-5H3,(H,15,16)(H2,13,14,17)/t8?,9-/m0/s1. The Morgan fingerprint density at radius 2 is 1.89 bits per heavy atom. The van der Waals surface area contributed by atoms with Crippen molar-refractivity contribution in [3.63, 3.8) is 0 Å². The van der Waals surface area contributed by atoms with Gasteiger partial charge in [-0.25, -0.2) is 9.59 Å². The minimum Gasteiger partial charge on any atom is -0.480 e. The van der Waals surface area contributed by atoms with E-state index in [1.165, 1.54) is 0 Å². The Kier molecular flexibility index (Phi) is 6.68. The second-order valence-corrected chi connectivity index (χ2v) is 5.26. The zero-order valence-electron chi connectivity index (χ0n) is 11.7. The normalized spacial score (nSPS) is 14.7. The molecule has 2 amide bonds. The molecule has 2 atom stereocenters. The van der Waals surface area contributed by atoms with Gasteiger partial charge in [0.1, 0.15) is 6.04 Å². The molecule has 0 aromatic heterocycles. The van der Waals surface area contributed by atoms with Crippen molar-refractivity contribution in [2.75, 3.05) is 13.2 Å². The molecule has 0 aliphatic heterocycles. The number of carboxylic acid groups (broad SMARTS) is 1. The van der Waals surface area contributed by atoms with Gasteiger partial charge < -0.3 is 20.5 Å². The summed E-state index contributed by atoms with van der Waals surface area (Å²) in [5, 5.41) is 14.1. The Morgan fingerprint density at radius 3 is 2.28 bits per heavy atom. The molecule has 0 saturated heterocycles. The zero-order valence-corrected chi connectivity index (χ0v) is 11.7. The van der Waals surface area contributed by atoms with Crippen molar-refractivity contribution in [2.24, 2.45) is 5.41 Å². The number of amides is 2. The lowest BCUT2D eigenvalue weighted by molar-refractivity contribution is -0.141. The summed E-state index contributed by atoms with van der Waals surface area (Å²) in [6.07, 6.45) is -0.0985. The Morgan fingerprint density at radius 1 is 1.33 bits per heavy atom. The Hall–Kier alpha value is -1.30. The quantitative estimate of drug-likeness (QED) is 0.670. The smallest absolute Gasteiger partial charge is 0.326 e. The van der Waals surface area contributed by atoms with Crippen LogP contribution in [0.5, 0.6) is 0 Å². The van der Waals surface area contributed by atoms with Gasteiger partial charge in [0.15, 0.2) is 0 Å². The topological polar surface area (TPSA) is 87.7 Å². The Bertz CT molecular complexity index is 286. The molecule has 0 aromatic carbocycles. The molecular weight excluding hydrogens is 236 g/mol. The average Bonchev–Trinajstić information content (AvgIpc) is 2.21. The minimum absolute atomic E-state index is 0.0985. The second kappa shape index (κ2) is 7.20. The maximum atomic E-state index is 11.6. The summed E-state index contributed by atoms with van der Waals surface area (Å²) < 4.78 is 5.25. The summed E-state index contributed by atoms with van der Waals surface area (Å²) in [5.41, 5.74) is -0.547. The van der Waals surface area contributed by atoms with E-state index in [2.05, 4.69) is 10.6 Å². The van der Waals surface area contributed by atoms with Crippen LogP contribution in [0.4, 0.5) is 4.79 Å². The van der Waals surface area contributed by atoms with Crippen LogP contribution < -0.4 is 10.6 Å². The van der Waals surface area contributed by atoms with Crippen LogP contribution in [-0.4, -0.2) is 42.4 Å². The van der Waals surface area contributed by atoms with E-state index in [4.69, 9.17) is 9.84 Å². The minimum atomic E-state index is -1.05. The molecule has 0 fully saturated rings. The van der Waals surface area contributed by atoms with Crippen molar-refractivity contribution in [2.45, 2.75) is 46.8 Å². The number of ether oxygens (including phenoxy) is 1. The maximum Gasteiger partial charge on any atom is 0.326 e. The monoisotopic (exact) mass is 260 g/mol. The van der Waals surface area contributed by atoms with E-state index in [9.17, 15) is 9.59 Å². The summed E-state index contributed by atoms with van der Waals surface area (Å²) in [6, 6.07) is -1.43.